The molecule has 1 atom stereocenters. The van der Waals surface area contributed by atoms with Gasteiger partial charge in [0.05, 0.1) is 6.61 Å². The Labute approximate surface area is 112 Å². The van der Waals surface area contributed by atoms with Gasteiger partial charge in [0.25, 0.3) is 0 Å². The largest absolute Gasteiger partial charge is 0.398 e. The molecule has 0 bridgehead atoms. The second kappa shape index (κ2) is 5.85. The van der Waals surface area contributed by atoms with Crippen molar-refractivity contribution in [2.45, 2.75) is 31.7 Å². The molecule has 108 valence electrons. The molecule has 0 aromatic heterocycles. The van der Waals surface area contributed by atoms with Crippen molar-refractivity contribution in [3.05, 3.63) is 23.5 Å². The molecule has 7 heteroatoms. The summed E-state index contributed by atoms with van der Waals surface area (Å²) in [6, 6.07) is 1.49. The zero-order valence-corrected chi connectivity index (χ0v) is 12.0. The summed E-state index contributed by atoms with van der Waals surface area (Å²) in [5.41, 5.74) is 6.27. The average Bonchev–Trinajstić information content (AvgIpc) is 2.30. The number of hydrogen-bond donors (Lipinski definition) is 3. The predicted molar refractivity (Wildman–Crippen MR) is 71.6 cm³/mol. The third-order valence-electron chi connectivity index (χ3n) is 2.92. The predicted octanol–water partition coefficient (Wildman–Crippen LogP) is 1.01. The molecule has 19 heavy (non-hydrogen) atoms. The summed E-state index contributed by atoms with van der Waals surface area (Å²) in [7, 11) is -4.05. The molecule has 4 N–H and O–H groups in total. The zero-order valence-electron chi connectivity index (χ0n) is 11.1. The van der Waals surface area contributed by atoms with Crippen molar-refractivity contribution >= 4 is 15.7 Å². The van der Waals surface area contributed by atoms with Crippen LogP contribution in [-0.2, 0) is 10.0 Å². The molecule has 0 saturated heterocycles. The number of nitrogens with two attached hydrogens (primary N) is 1. The van der Waals surface area contributed by atoms with Crippen LogP contribution in [0, 0.1) is 18.7 Å². The van der Waals surface area contributed by atoms with E-state index in [2.05, 4.69) is 4.72 Å². The summed E-state index contributed by atoms with van der Waals surface area (Å²) < 4.78 is 40.2. The van der Waals surface area contributed by atoms with Gasteiger partial charge in [0, 0.05) is 11.7 Å². The number of sulfonamides is 1. The number of hydrogen-bond acceptors (Lipinski definition) is 4. The van der Waals surface area contributed by atoms with E-state index in [4.69, 9.17) is 10.8 Å². The smallest absolute Gasteiger partial charge is 0.243 e. The maximum atomic E-state index is 13.7. The van der Waals surface area contributed by atoms with Crippen LogP contribution in [0.3, 0.4) is 0 Å². The van der Waals surface area contributed by atoms with Gasteiger partial charge in [-0.25, -0.2) is 17.5 Å². The fourth-order valence-corrected chi connectivity index (χ4v) is 2.99. The van der Waals surface area contributed by atoms with Crippen LogP contribution in [0.1, 0.15) is 19.4 Å². The van der Waals surface area contributed by atoms with Gasteiger partial charge in [0.15, 0.2) is 0 Å². The molecule has 0 saturated carbocycles. The number of aryl methyl sites for hydroxylation is 1. The quantitative estimate of drug-likeness (QED) is 0.706. The van der Waals surface area contributed by atoms with Crippen LogP contribution in [-0.4, -0.2) is 26.2 Å². The van der Waals surface area contributed by atoms with Gasteiger partial charge in [0.2, 0.25) is 10.0 Å². The molecule has 0 aliphatic rings. The number of anilines is 1. The number of halogens is 1. The summed E-state index contributed by atoms with van der Waals surface area (Å²) in [6.07, 6.45) is 0. The highest BCUT2D eigenvalue weighted by Crippen LogP contribution is 2.22. The number of benzene rings is 1. The fourth-order valence-electron chi connectivity index (χ4n) is 1.52. The fraction of sp³-hybridized carbons (Fsp3) is 0.500. The third-order valence-corrected chi connectivity index (χ3v) is 4.42. The second-order valence-corrected chi connectivity index (χ2v) is 6.48. The van der Waals surface area contributed by atoms with E-state index < -0.39 is 26.8 Å². The number of aliphatic hydroxyl groups excluding tert-OH is 1. The van der Waals surface area contributed by atoms with Crippen LogP contribution < -0.4 is 10.5 Å². The van der Waals surface area contributed by atoms with Crippen molar-refractivity contribution in [1.29, 1.82) is 0 Å². The zero-order chi connectivity index (χ0) is 14.8. The minimum Gasteiger partial charge on any atom is -0.398 e. The molecule has 1 aromatic rings. The first kappa shape index (κ1) is 15.9. The van der Waals surface area contributed by atoms with Crippen LogP contribution in [0.2, 0.25) is 0 Å². The molecule has 0 aliphatic carbocycles. The van der Waals surface area contributed by atoms with E-state index in [1.165, 1.54) is 0 Å². The van der Waals surface area contributed by atoms with E-state index in [9.17, 15) is 12.8 Å². The Morgan fingerprint density at radius 3 is 2.47 bits per heavy atom. The maximum absolute atomic E-state index is 13.7. The average molecular weight is 290 g/mol. The highest BCUT2D eigenvalue weighted by atomic mass is 32.2. The van der Waals surface area contributed by atoms with E-state index in [1.807, 2.05) is 0 Å². The number of aliphatic hydroxyl groups is 1. The molecule has 0 aliphatic heterocycles. The molecule has 5 nitrogen and oxygen atoms in total. The Hall–Kier alpha value is -1.18. The molecular formula is C12H19FN2O3S. The Bertz CT molecular complexity index is 558. The summed E-state index contributed by atoms with van der Waals surface area (Å²) in [6.45, 7) is 4.74. The lowest BCUT2D eigenvalue weighted by Crippen LogP contribution is -2.41. The monoisotopic (exact) mass is 290 g/mol. The molecule has 1 aromatic carbocycles. The summed E-state index contributed by atoms with van der Waals surface area (Å²) in [5.74, 6) is -0.981. The van der Waals surface area contributed by atoms with Gasteiger partial charge in [0.1, 0.15) is 10.7 Å². The molecule has 1 unspecified atom stereocenters. The topological polar surface area (TPSA) is 92.4 Å². The van der Waals surface area contributed by atoms with Gasteiger partial charge in [-0.3, -0.25) is 0 Å². The van der Waals surface area contributed by atoms with Gasteiger partial charge >= 0.3 is 0 Å². The first-order valence-electron chi connectivity index (χ1n) is 5.88. The van der Waals surface area contributed by atoms with Gasteiger partial charge < -0.3 is 10.8 Å². The molecule has 0 fully saturated rings. The summed E-state index contributed by atoms with van der Waals surface area (Å²) in [4.78, 5) is -0.505. The van der Waals surface area contributed by atoms with Crippen LogP contribution in [0.4, 0.5) is 10.1 Å². The van der Waals surface area contributed by atoms with E-state index >= 15 is 0 Å². The lowest BCUT2D eigenvalue weighted by Gasteiger charge is -2.20. The number of nitrogen functional groups attached to an aromatic ring is 1. The Kier molecular flexibility index (Phi) is 4.89. The molecular weight excluding hydrogens is 271 g/mol. The Balaban J connectivity index is 3.17. The number of nitrogens with one attached hydrogen (secondary N) is 1. The van der Waals surface area contributed by atoms with Crippen molar-refractivity contribution < 1.29 is 17.9 Å². The van der Waals surface area contributed by atoms with Crippen LogP contribution in [0.15, 0.2) is 17.0 Å². The molecule has 0 heterocycles. The normalized spacial score (nSPS) is 13.8. The van der Waals surface area contributed by atoms with E-state index in [0.717, 1.165) is 12.1 Å². The Morgan fingerprint density at radius 1 is 1.42 bits per heavy atom. The maximum Gasteiger partial charge on any atom is 0.243 e. The number of rotatable bonds is 5. The lowest BCUT2D eigenvalue weighted by molar-refractivity contribution is 0.227. The molecule has 1 rings (SSSR count). The molecule has 0 amide bonds. The SMILES string of the molecule is Cc1cc(F)c(S(=O)(=O)NC(CO)C(C)C)cc1N. The second-order valence-electron chi connectivity index (χ2n) is 4.79. The summed E-state index contributed by atoms with van der Waals surface area (Å²) in [5, 5.41) is 9.13. The summed E-state index contributed by atoms with van der Waals surface area (Å²) >= 11 is 0. The molecule has 0 radical (unpaired) electrons. The highest BCUT2D eigenvalue weighted by molar-refractivity contribution is 7.89. The highest BCUT2D eigenvalue weighted by Gasteiger charge is 2.25. The lowest BCUT2D eigenvalue weighted by atomic mass is 10.1. The van der Waals surface area contributed by atoms with Crippen molar-refractivity contribution in [1.82, 2.24) is 4.72 Å². The van der Waals surface area contributed by atoms with E-state index in [1.54, 1.807) is 20.8 Å². The first-order chi connectivity index (χ1) is 8.69. The van der Waals surface area contributed by atoms with Gasteiger partial charge in [-0.1, -0.05) is 13.8 Å². The van der Waals surface area contributed by atoms with E-state index in [0.29, 0.717) is 5.56 Å². The van der Waals surface area contributed by atoms with Crippen LogP contribution >= 0.6 is 0 Å². The minimum atomic E-state index is -4.05. The van der Waals surface area contributed by atoms with Crippen LogP contribution in [0.5, 0.6) is 0 Å². The van der Waals surface area contributed by atoms with Crippen LogP contribution in [0.25, 0.3) is 0 Å². The standard InChI is InChI=1S/C12H19FN2O3S/c1-7(2)11(6-16)15-19(17,18)12-5-10(14)8(3)4-9(12)13/h4-5,7,11,15-16H,6,14H2,1-3H3. The van der Waals surface area contributed by atoms with Crippen molar-refractivity contribution in [3.63, 3.8) is 0 Å². The Morgan fingerprint density at radius 2 is 2.00 bits per heavy atom. The van der Waals surface area contributed by atoms with Gasteiger partial charge in [-0.15, -0.1) is 0 Å². The molecule has 0 spiro atoms. The van der Waals surface area contributed by atoms with E-state index in [-0.39, 0.29) is 18.2 Å². The first-order valence-corrected chi connectivity index (χ1v) is 7.36. The minimum absolute atomic E-state index is 0.120. The van der Waals surface area contributed by atoms with Gasteiger partial charge in [-0.2, -0.15) is 0 Å². The third kappa shape index (κ3) is 3.65. The van der Waals surface area contributed by atoms with Gasteiger partial charge in [-0.05, 0) is 30.5 Å². The van der Waals surface area contributed by atoms with Crippen molar-refractivity contribution in [3.8, 4) is 0 Å². The van der Waals surface area contributed by atoms with Crippen molar-refractivity contribution in [2.75, 3.05) is 12.3 Å². The van der Waals surface area contributed by atoms with Crippen molar-refractivity contribution in [2.24, 2.45) is 5.92 Å².